The molecule has 0 saturated carbocycles. The highest BCUT2D eigenvalue weighted by Gasteiger charge is 2.06. The fourth-order valence-electron chi connectivity index (χ4n) is 1.46. The van der Waals surface area contributed by atoms with Gasteiger partial charge >= 0.3 is 0 Å². The summed E-state index contributed by atoms with van der Waals surface area (Å²) in [5, 5.41) is 0. The second kappa shape index (κ2) is 3.60. The molecule has 0 saturated heterocycles. The van der Waals surface area contributed by atoms with Crippen molar-refractivity contribution in [1.29, 1.82) is 0 Å². The highest BCUT2D eigenvalue weighted by atomic mass is 16.5. The van der Waals surface area contributed by atoms with Crippen molar-refractivity contribution in [2.24, 2.45) is 0 Å². The molecule has 1 aliphatic heterocycles. The molecule has 1 aliphatic rings. The SMILES string of the molecule is Cc1cc(C2=CCCCO2)ccn1. The predicted molar refractivity (Wildman–Crippen MR) is 52.1 cm³/mol. The van der Waals surface area contributed by atoms with Gasteiger partial charge < -0.3 is 4.74 Å². The highest BCUT2D eigenvalue weighted by Crippen LogP contribution is 2.20. The molecule has 13 heavy (non-hydrogen) atoms. The van der Waals surface area contributed by atoms with Crippen LogP contribution in [0.3, 0.4) is 0 Å². The molecule has 0 spiro atoms. The minimum atomic E-state index is 0.840. The van der Waals surface area contributed by atoms with Crippen molar-refractivity contribution in [3.8, 4) is 0 Å². The highest BCUT2D eigenvalue weighted by molar-refractivity contribution is 5.60. The summed E-state index contributed by atoms with van der Waals surface area (Å²) < 4.78 is 5.55. The molecule has 0 bridgehead atoms. The molecule has 2 nitrogen and oxygen atoms in total. The Morgan fingerprint density at radius 1 is 1.46 bits per heavy atom. The van der Waals surface area contributed by atoms with Gasteiger partial charge in [0.1, 0.15) is 5.76 Å². The van der Waals surface area contributed by atoms with E-state index in [4.69, 9.17) is 4.74 Å². The maximum atomic E-state index is 5.55. The normalized spacial score (nSPS) is 16.2. The van der Waals surface area contributed by atoms with Gasteiger partial charge in [0.15, 0.2) is 0 Å². The Bertz CT molecular complexity index is 331. The molecule has 0 aliphatic carbocycles. The zero-order chi connectivity index (χ0) is 9.10. The van der Waals surface area contributed by atoms with Crippen LogP contribution in [0.2, 0.25) is 0 Å². The molecule has 0 atom stereocenters. The Balaban J connectivity index is 2.29. The van der Waals surface area contributed by atoms with Gasteiger partial charge in [0.2, 0.25) is 0 Å². The Morgan fingerprint density at radius 3 is 3.08 bits per heavy atom. The molecule has 1 aromatic heterocycles. The molecule has 2 heterocycles. The lowest BCUT2D eigenvalue weighted by atomic mass is 10.1. The largest absolute Gasteiger partial charge is 0.493 e. The molecule has 1 aromatic rings. The molecule has 0 radical (unpaired) electrons. The van der Waals surface area contributed by atoms with Crippen LogP contribution in [0.1, 0.15) is 24.1 Å². The Hall–Kier alpha value is -1.31. The lowest BCUT2D eigenvalue weighted by Gasteiger charge is -2.14. The lowest BCUT2D eigenvalue weighted by molar-refractivity contribution is 0.259. The van der Waals surface area contributed by atoms with E-state index in [-0.39, 0.29) is 0 Å². The fourth-order valence-corrected chi connectivity index (χ4v) is 1.46. The maximum absolute atomic E-state index is 5.55. The van der Waals surface area contributed by atoms with Gasteiger partial charge in [-0.05, 0) is 38.0 Å². The van der Waals surface area contributed by atoms with Crippen molar-refractivity contribution in [3.05, 3.63) is 35.7 Å². The van der Waals surface area contributed by atoms with Crippen LogP contribution in [0, 0.1) is 6.92 Å². The molecule has 68 valence electrons. The molecule has 0 unspecified atom stereocenters. The zero-order valence-electron chi connectivity index (χ0n) is 7.79. The maximum Gasteiger partial charge on any atom is 0.122 e. The summed E-state index contributed by atoms with van der Waals surface area (Å²) in [4.78, 5) is 4.15. The van der Waals surface area contributed by atoms with E-state index in [1.807, 2.05) is 19.2 Å². The summed E-state index contributed by atoms with van der Waals surface area (Å²) in [5.41, 5.74) is 2.18. The van der Waals surface area contributed by atoms with Crippen molar-refractivity contribution in [1.82, 2.24) is 4.98 Å². The first-order valence-electron chi connectivity index (χ1n) is 4.62. The number of hydrogen-bond acceptors (Lipinski definition) is 2. The fraction of sp³-hybridized carbons (Fsp3) is 0.364. The number of aryl methyl sites for hydroxylation is 1. The Morgan fingerprint density at radius 2 is 2.38 bits per heavy atom. The van der Waals surface area contributed by atoms with Gasteiger partial charge in [-0.15, -0.1) is 0 Å². The van der Waals surface area contributed by atoms with Crippen molar-refractivity contribution >= 4 is 5.76 Å². The van der Waals surface area contributed by atoms with Crippen molar-refractivity contribution in [2.45, 2.75) is 19.8 Å². The number of hydrogen-bond donors (Lipinski definition) is 0. The second-order valence-corrected chi connectivity index (χ2v) is 3.24. The Labute approximate surface area is 78.3 Å². The van der Waals surface area contributed by atoms with Crippen LogP contribution in [0.25, 0.3) is 5.76 Å². The molecular formula is C11H13NO. The van der Waals surface area contributed by atoms with E-state index < -0.39 is 0 Å². The van der Waals surface area contributed by atoms with Crippen molar-refractivity contribution in [3.63, 3.8) is 0 Å². The van der Waals surface area contributed by atoms with Gasteiger partial charge in [0.25, 0.3) is 0 Å². The quantitative estimate of drug-likeness (QED) is 0.654. The number of aromatic nitrogens is 1. The average Bonchev–Trinajstić information content (AvgIpc) is 2.19. The van der Waals surface area contributed by atoms with Crippen LogP contribution in [0.5, 0.6) is 0 Å². The van der Waals surface area contributed by atoms with E-state index in [0.717, 1.165) is 36.5 Å². The zero-order valence-corrected chi connectivity index (χ0v) is 7.79. The predicted octanol–water partition coefficient (Wildman–Crippen LogP) is 2.54. The number of pyridine rings is 1. The molecule has 0 amide bonds. The first kappa shape index (κ1) is 8.30. The topological polar surface area (TPSA) is 22.1 Å². The third-order valence-electron chi connectivity index (χ3n) is 2.12. The van der Waals surface area contributed by atoms with Gasteiger partial charge in [-0.3, -0.25) is 4.98 Å². The molecule has 0 fully saturated rings. The summed E-state index contributed by atoms with van der Waals surface area (Å²) in [5.74, 6) is 1.01. The Kier molecular flexibility index (Phi) is 2.30. The first-order chi connectivity index (χ1) is 6.36. The minimum Gasteiger partial charge on any atom is -0.493 e. The number of allylic oxidation sites excluding steroid dienone is 1. The number of nitrogens with zero attached hydrogens (tertiary/aromatic N) is 1. The van der Waals surface area contributed by atoms with Crippen LogP contribution in [-0.4, -0.2) is 11.6 Å². The first-order valence-corrected chi connectivity index (χ1v) is 4.62. The third kappa shape index (κ3) is 1.89. The summed E-state index contributed by atoms with van der Waals surface area (Å²) in [6, 6.07) is 4.04. The summed E-state index contributed by atoms with van der Waals surface area (Å²) in [6.07, 6.45) is 6.23. The van der Waals surface area contributed by atoms with Crippen molar-refractivity contribution in [2.75, 3.05) is 6.61 Å². The molecular weight excluding hydrogens is 162 g/mol. The van der Waals surface area contributed by atoms with Gasteiger partial charge in [-0.25, -0.2) is 0 Å². The third-order valence-corrected chi connectivity index (χ3v) is 2.12. The van der Waals surface area contributed by atoms with E-state index in [0.29, 0.717) is 0 Å². The standard InChI is InChI=1S/C11H13NO/c1-9-8-10(5-6-12-9)11-4-2-3-7-13-11/h4-6,8H,2-3,7H2,1H3. The van der Waals surface area contributed by atoms with E-state index in [9.17, 15) is 0 Å². The molecule has 2 heteroatoms. The smallest absolute Gasteiger partial charge is 0.122 e. The van der Waals surface area contributed by atoms with Gasteiger partial charge in [-0.1, -0.05) is 0 Å². The minimum absolute atomic E-state index is 0.840. The summed E-state index contributed by atoms with van der Waals surface area (Å²) in [6.45, 7) is 2.83. The lowest BCUT2D eigenvalue weighted by Crippen LogP contribution is -2.00. The van der Waals surface area contributed by atoms with Crippen LogP contribution in [0.4, 0.5) is 0 Å². The van der Waals surface area contributed by atoms with Crippen molar-refractivity contribution < 1.29 is 4.74 Å². The summed E-state index contributed by atoms with van der Waals surface area (Å²) >= 11 is 0. The average molecular weight is 175 g/mol. The number of rotatable bonds is 1. The molecule has 2 rings (SSSR count). The van der Waals surface area contributed by atoms with E-state index >= 15 is 0 Å². The monoisotopic (exact) mass is 175 g/mol. The van der Waals surface area contributed by atoms with E-state index in [1.54, 1.807) is 0 Å². The van der Waals surface area contributed by atoms with Gasteiger partial charge in [-0.2, -0.15) is 0 Å². The van der Waals surface area contributed by atoms with Crippen LogP contribution >= 0.6 is 0 Å². The van der Waals surface area contributed by atoms with E-state index in [1.165, 1.54) is 0 Å². The molecule has 0 N–H and O–H groups in total. The van der Waals surface area contributed by atoms with Crippen LogP contribution in [-0.2, 0) is 4.74 Å². The number of ether oxygens (including phenoxy) is 1. The summed E-state index contributed by atoms with van der Waals surface area (Å²) in [7, 11) is 0. The van der Waals surface area contributed by atoms with Crippen LogP contribution < -0.4 is 0 Å². The van der Waals surface area contributed by atoms with Gasteiger partial charge in [0, 0.05) is 17.5 Å². The van der Waals surface area contributed by atoms with Gasteiger partial charge in [0.05, 0.1) is 6.61 Å². The van der Waals surface area contributed by atoms with Crippen LogP contribution in [0.15, 0.2) is 24.4 Å². The van der Waals surface area contributed by atoms with E-state index in [2.05, 4.69) is 17.1 Å². The second-order valence-electron chi connectivity index (χ2n) is 3.24. The molecule has 0 aromatic carbocycles.